The van der Waals surface area contributed by atoms with Crippen molar-refractivity contribution in [3.8, 4) is 5.75 Å². The number of nitrogens with two attached hydrogens (primary N) is 1. The van der Waals surface area contributed by atoms with Crippen molar-refractivity contribution in [3.63, 3.8) is 0 Å². The molecular weight excluding hydrogens is 249 g/mol. The number of ether oxygens (including phenoxy) is 1. The Kier molecular flexibility index (Phi) is 3.22. The molecule has 6 heteroatoms. The zero-order valence-corrected chi connectivity index (χ0v) is 9.74. The van der Waals surface area contributed by atoms with Crippen molar-refractivity contribution in [3.05, 3.63) is 40.6 Å². The summed E-state index contributed by atoms with van der Waals surface area (Å²) in [7, 11) is 0. The smallest absolute Gasteiger partial charge is 0.180 e. The van der Waals surface area contributed by atoms with Crippen molar-refractivity contribution in [1.82, 2.24) is 9.78 Å². The molecule has 1 heterocycles. The molecule has 0 unspecified atom stereocenters. The molecule has 0 atom stereocenters. The minimum atomic E-state index is 0.273. The summed E-state index contributed by atoms with van der Waals surface area (Å²) >= 11 is 11.6. The van der Waals surface area contributed by atoms with E-state index in [2.05, 4.69) is 5.10 Å². The average molecular weight is 258 g/mol. The number of aromatic nitrogens is 2. The molecule has 0 spiro atoms. The van der Waals surface area contributed by atoms with E-state index >= 15 is 0 Å². The van der Waals surface area contributed by atoms with Crippen LogP contribution in [0.4, 0.5) is 5.69 Å². The number of nitrogen functional groups attached to an aromatic ring is 1. The van der Waals surface area contributed by atoms with Crippen molar-refractivity contribution < 1.29 is 4.74 Å². The number of nitrogens with zero attached hydrogens (tertiary/aromatic N) is 2. The number of hydrogen-bond donors (Lipinski definition) is 1. The zero-order chi connectivity index (χ0) is 11.5. The van der Waals surface area contributed by atoms with Gasteiger partial charge in [0.15, 0.2) is 6.73 Å². The van der Waals surface area contributed by atoms with Gasteiger partial charge in [-0.25, -0.2) is 4.68 Å². The Bertz CT molecular complexity index is 499. The number of hydrogen-bond acceptors (Lipinski definition) is 3. The molecule has 0 aliphatic carbocycles. The predicted octanol–water partition coefficient (Wildman–Crippen LogP) is 2.81. The lowest BCUT2D eigenvalue weighted by molar-refractivity contribution is 0.221. The molecule has 0 fully saturated rings. The van der Waals surface area contributed by atoms with Crippen molar-refractivity contribution in [2.45, 2.75) is 6.73 Å². The van der Waals surface area contributed by atoms with Gasteiger partial charge in [-0.3, -0.25) is 0 Å². The molecule has 1 aromatic carbocycles. The van der Waals surface area contributed by atoms with Gasteiger partial charge in [0.1, 0.15) is 5.75 Å². The molecule has 16 heavy (non-hydrogen) atoms. The molecule has 2 rings (SSSR count). The van der Waals surface area contributed by atoms with Gasteiger partial charge in [0.05, 0.1) is 28.1 Å². The van der Waals surface area contributed by atoms with Crippen LogP contribution >= 0.6 is 23.2 Å². The molecule has 0 saturated heterocycles. The molecule has 2 aromatic rings. The van der Waals surface area contributed by atoms with E-state index in [0.29, 0.717) is 21.5 Å². The molecular formula is C10H9Cl2N3O. The summed E-state index contributed by atoms with van der Waals surface area (Å²) in [6.07, 6.45) is 3.23. The zero-order valence-electron chi connectivity index (χ0n) is 8.23. The first-order valence-electron chi connectivity index (χ1n) is 4.51. The average Bonchev–Trinajstić information content (AvgIpc) is 2.66. The van der Waals surface area contributed by atoms with Crippen molar-refractivity contribution in [2.24, 2.45) is 0 Å². The van der Waals surface area contributed by atoms with Gasteiger partial charge in [0, 0.05) is 6.07 Å². The lowest BCUT2D eigenvalue weighted by Gasteiger charge is -2.06. The molecule has 0 aliphatic rings. The Labute approximate surface area is 103 Å². The van der Waals surface area contributed by atoms with Gasteiger partial charge in [-0.2, -0.15) is 5.10 Å². The Hall–Kier alpha value is -1.39. The normalized spacial score (nSPS) is 10.4. The fourth-order valence-corrected chi connectivity index (χ4v) is 1.45. The van der Waals surface area contributed by atoms with E-state index in [0.717, 1.165) is 0 Å². The summed E-state index contributed by atoms with van der Waals surface area (Å²) in [5.74, 6) is 0.628. The lowest BCUT2D eigenvalue weighted by atomic mass is 10.3. The predicted molar refractivity (Wildman–Crippen MR) is 63.7 cm³/mol. The summed E-state index contributed by atoms with van der Waals surface area (Å²) in [5, 5.41) is 4.93. The van der Waals surface area contributed by atoms with Crippen LogP contribution in [-0.2, 0) is 6.73 Å². The maximum absolute atomic E-state index is 5.85. The van der Waals surface area contributed by atoms with E-state index in [1.807, 2.05) is 0 Å². The molecule has 0 saturated carbocycles. The van der Waals surface area contributed by atoms with Crippen LogP contribution in [0, 0.1) is 0 Å². The van der Waals surface area contributed by atoms with E-state index in [4.69, 9.17) is 33.7 Å². The third-order valence-corrected chi connectivity index (χ3v) is 2.65. The fourth-order valence-electron chi connectivity index (χ4n) is 1.16. The standard InChI is InChI=1S/C10H9Cl2N3O/c11-9-2-1-8(3-10(9)12)16-6-15-5-7(13)4-14-15/h1-5H,6,13H2. The van der Waals surface area contributed by atoms with Crippen molar-refractivity contribution in [2.75, 3.05) is 5.73 Å². The summed E-state index contributed by atoms with van der Waals surface area (Å²) in [4.78, 5) is 0. The van der Waals surface area contributed by atoms with Gasteiger partial charge in [-0.1, -0.05) is 23.2 Å². The van der Waals surface area contributed by atoms with Crippen LogP contribution in [0.2, 0.25) is 10.0 Å². The Morgan fingerprint density at radius 3 is 2.75 bits per heavy atom. The highest BCUT2D eigenvalue weighted by molar-refractivity contribution is 6.42. The van der Waals surface area contributed by atoms with Crippen LogP contribution in [0.15, 0.2) is 30.6 Å². The monoisotopic (exact) mass is 257 g/mol. The van der Waals surface area contributed by atoms with Gasteiger partial charge in [0.2, 0.25) is 0 Å². The quantitative estimate of drug-likeness (QED) is 0.920. The van der Waals surface area contributed by atoms with Gasteiger partial charge in [-0.05, 0) is 12.1 Å². The highest BCUT2D eigenvalue weighted by Crippen LogP contribution is 2.26. The number of halogens is 2. The summed E-state index contributed by atoms with van der Waals surface area (Å²) in [6, 6.07) is 5.06. The Balaban J connectivity index is 2.02. The van der Waals surface area contributed by atoms with Gasteiger partial charge in [0.25, 0.3) is 0 Å². The molecule has 4 nitrogen and oxygen atoms in total. The first-order valence-corrected chi connectivity index (χ1v) is 5.26. The van der Waals surface area contributed by atoms with E-state index < -0.39 is 0 Å². The highest BCUT2D eigenvalue weighted by Gasteiger charge is 2.01. The van der Waals surface area contributed by atoms with Gasteiger partial charge >= 0.3 is 0 Å². The van der Waals surface area contributed by atoms with Crippen LogP contribution in [0.5, 0.6) is 5.75 Å². The molecule has 0 bridgehead atoms. The molecule has 0 aliphatic heterocycles. The van der Waals surface area contributed by atoms with E-state index in [9.17, 15) is 0 Å². The number of anilines is 1. The minimum Gasteiger partial charge on any atom is -0.471 e. The van der Waals surface area contributed by atoms with Gasteiger partial charge in [-0.15, -0.1) is 0 Å². The second kappa shape index (κ2) is 4.63. The van der Waals surface area contributed by atoms with Crippen LogP contribution in [0.3, 0.4) is 0 Å². The van der Waals surface area contributed by atoms with E-state index in [1.165, 1.54) is 0 Å². The summed E-state index contributed by atoms with van der Waals surface area (Å²) < 4.78 is 7.02. The van der Waals surface area contributed by atoms with Crippen molar-refractivity contribution >= 4 is 28.9 Å². The largest absolute Gasteiger partial charge is 0.471 e. The molecule has 1 aromatic heterocycles. The second-order valence-corrected chi connectivity index (χ2v) is 3.98. The van der Waals surface area contributed by atoms with Crippen LogP contribution < -0.4 is 10.5 Å². The van der Waals surface area contributed by atoms with Crippen molar-refractivity contribution in [1.29, 1.82) is 0 Å². The first-order chi connectivity index (χ1) is 7.65. The van der Waals surface area contributed by atoms with Crippen LogP contribution in [0.25, 0.3) is 0 Å². The summed E-state index contributed by atoms with van der Waals surface area (Å²) in [5.41, 5.74) is 6.11. The minimum absolute atomic E-state index is 0.273. The molecule has 2 N–H and O–H groups in total. The number of rotatable bonds is 3. The second-order valence-electron chi connectivity index (χ2n) is 3.16. The first kappa shape index (κ1) is 11.1. The Morgan fingerprint density at radius 1 is 1.31 bits per heavy atom. The fraction of sp³-hybridized carbons (Fsp3) is 0.100. The topological polar surface area (TPSA) is 53.1 Å². The maximum atomic E-state index is 5.85. The SMILES string of the molecule is Nc1cnn(COc2ccc(Cl)c(Cl)c2)c1. The number of benzene rings is 1. The third kappa shape index (κ3) is 2.59. The van der Waals surface area contributed by atoms with E-state index in [1.54, 1.807) is 35.3 Å². The lowest BCUT2D eigenvalue weighted by Crippen LogP contribution is -2.05. The highest BCUT2D eigenvalue weighted by atomic mass is 35.5. The van der Waals surface area contributed by atoms with Crippen LogP contribution in [0.1, 0.15) is 0 Å². The van der Waals surface area contributed by atoms with Crippen LogP contribution in [-0.4, -0.2) is 9.78 Å². The molecule has 0 amide bonds. The van der Waals surface area contributed by atoms with E-state index in [-0.39, 0.29) is 6.73 Å². The molecule has 84 valence electrons. The molecule has 0 radical (unpaired) electrons. The third-order valence-electron chi connectivity index (χ3n) is 1.91. The maximum Gasteiger partial charge on any atom is 0.180 e. The summed E-state index contributed by atoms with van der Waals surface area (Å²) in [6.45, 7) is 0.273. The Morgan fingerprint density at radius 2 is 2.12 bits per heavy atom. The van der Waals surface area contributed by atoms with Gasteiger partial charge < -0.3 is 10.5 Å².